The molecule has 0 saturated carbocycles. The number of aliphatic hydroxyl groups excluding tert-OH is 1. The number of hydrogen-bond donors (Lipinski definition) is 4. The normalized spacial score (nSPS) is 13.3. The molecule has 1 atom stereocenters. The molecule has 6 nitrogen and oxygen atoms in total. The van der Waals surface area contributed by atoms with Crippen molar-refractivity contribution in [3.05, 3.63) is 106 Å². The molecule has 0 bridgehead atoms. The summed E-state index contributed by atoms with van der Waals surface area (Å²) in [5, 5.41) is 40.8. The fourth-order valence-electron chi connectivity index (χ4n) is 4.24. The lowest BCUT2D eigenvalue weighted by atomic mass is 9.87. The third-order valence-electron chi connectivity index (χ3n) is 6.51. The van der Waals surface area contributed by atoms with Crippen molar-refractivity contribution in [2.75, 3.05) is 0 Å². The van der Waals surface area contributed by atoms with Gasteiger partial charge >= 0.3 is 0 Å². The van der Waals surface area contributed by atoms with Crippen LogP contribution < -0.4 is 0 Å². The quantitative estimate of drug-likeness (QED) is 0.292. The van der Waals surface area contributed by atoms with Gasteiger partial charge in [-0.1, -0.05) is 60.7 Å². The summed E-state index contributed by atoms with van der Waals surface area (Å²) in [5.41, 5.74) is 0.693. The summed E-state index contributed by atoms with van der Waals surface area (Å²) in [4.78, 5) is 25.5. The molecule has 3 rings (SSSR count). The Morgan fingerprint density at radius 2 is 1.13 bits per heavy atom. The molecule has 0 saturated heterocycles. The van der Waals surface area contributed by atoms with E-state index >= 15 is 0 Å². The highest BCUT2D eigenvalue weighted by Crippen LogP contribution is 2.27. The van der Waals surface area contributed by atoms with Gasteiger partial charge in [0.05, 0.1) is 5.60 Å². The van der Waals surface area contributed by atoms with Crippen LogP contribution in [0.1, 0.15) is 96.2 Å². The van der Waals surface area contributed by atoms with Crippen LogP contribution in [0.5, 0.6) is 0 Å². The standard InChI is InChI=1S/C32H38O6/c1-30(2,36)27(33)23-12-7-20(8-13-23)17-22-11-16-25(26(19-22)29(35)32(5,6)38)18-21-9-14-24(15-10-21)28(34)31(3,4)37/h7-16,19,27,33,36-38H,17-18H2,1-6H3. The highest BCUT2D eigenvalue weighted by Gasteiger charge is 2.29. The SMILES string of the molecule is CC(C)(O)C(=O)c1ccc(Cc2ccc(Cc3ccc(C(O)C(C)(C)O)cc3)cc2C(=O)C(C)(C)O)cc1. The Bertz CT molecular complexity index is 1280. The Morgan fingerprint density at radius 1 is 0.658 bits per heavy atom. The Hall–Kier alpha value is -3.16. The second kappa shape index (κ2) is 10.9. The monoisotopic (exact) mass is 518 g/mol. The van der Waals surface area contributed by atoms with Crippen LogP contribution >= 0.6 is 0 Å². The average molecular weight is 519 g/mol. The molecule has 38 heavy (non-hydrogen) atoms. The Labute approximate surface area is 224 Å². The van der Waals surface area contributed by atoms with Gasteiger partial charge in [0, 0.05) is 11.1 Å². The molecular formula is C32H38O6. The summed E-state index contributed by atoms with van der Waals surface area (Å²) in [5.74, 6) is -0.749. The van der Waals surface area contributed by atoms with E-state index in [1.807, 2.05) is 24.3 Å². The van der Waals surface area contributed by atoms with Crippen molar-refractivity contribution < 1.29 is 30.0 Å². The van der Waals surface area contributed by atoms with Crippen LogP contribution in [0.25, 0.3) is 0 Å². The first-order chi connectivity index (χ1) is 17.5. The van der Waals surface area contributed by atoms with Gasteiger partial charge in [-0.15, -0.1) is 0 Å². The number of Topliss-reactive ketones (excluding diaryl/α,β-unsaturated/α-hetero) is 2. The van der Waals surface area contributed by atoms with Crippen LogP contribution in [0, 0.1) is 0 Å². The highest BCUT2D eigenvalue weighted by atomic mass is 16.3. The predicted octanol–water partition coefficient (Wildman–Crippen LogP) is 4.58. The van der Waals surface area contributed by atoms with Gasteiger partial charge in [-0.05, 0) is 88.3 Å². The lowest BCUT2D eigenvalue weighted by Crippen LogP contribution is -2.32. The summed E-state index contributed by atoms with van der Waals surface area (Å²) >= 11 is 0. The largest absolute Gasteiger partial charge is 0.387 e. The van der Waals surface area contributed by atoms with Crippen molar-refractivity contribution in [1.29, 1.82) is 0 Å². The maximum absolute atomic E-state index is 13.2. The molecule has 0 fully saturated rings. The molecule has 0 aliphatic heterocycles. The topological polar surface area (TPSA) is 115 Å². The zero-order chi connectivity index (χ0) is 28.5. The molecule has 0 radical (unpaired) electrons. The fraction of sp³-hybridized carbons (Fsp3) is 0.375. The second-order valence-corrected chi connectivity index (χ2v) is 11.6. The number of carbonyl (C=O) groups excluding carboxylic acids is 2. The molecule has 1 unspecified atom stereocenters. The highest BCUT2D eigenvalue weighted by molar-refractivity contribution is 6.03. The smallest absolute Gasteiger partial charge is 0.194 e. The summed E-state index contributed by atoms with van der Waals surface area (Å²) in [6, 6.07) is 19.9. The van der Waals surface area contributed by atoms with Crippen LogP contribution in [0.15, 0.2) is 66.7 Å². The van der Waals surface area contributed by atoms with E-state index in [1.54, 1.807) is 56.3 Å². The summed E-state index contributed by atoms with van der Waals surface area (Å²) < 4.78 is 0. The van der Waals surface area contributed by atoms with E-state index in [0.717, 1.165) is 22.3 Å². The molecule has 3 aromatic carbocycles. The van der Waals surface area contributed by atoms with E-state index in [4.69, 9.17) is 0 Å². The number of rotatable bonds is 10. The molecule has 0 heterocycles. The van der Waals surface area contributed by atoms with Crippen molar-refractivity contribution in [2.45, 2.75) is 77.3 Å². The van der Waals surface area contributed by atoms with E-state index in [0.29, 0.717) is 29.5 Å². The minimum atomic E-state index is -1.55. The van der Waals surface area contributed by atoms with Crippen LogP contribution in [-0.2, 0) is 12.8 Å². The summed E-state index contributed by atoms with van der Waals surface area (Å²) in [6.45, 7) is 8.95. The summed E-state index contributed by atoms with van der Waals surface area (Å²) in [7, 11) is 0. The number of benzene rings is 3. The zero-order valence-corrected chi connectivity index (χ0v) is 22.9. The van der Waals surface area contributed by atoms with Crippen LogP contribution in [0.3, 0.4) is 0 Å². The molecule has 3 aromatic rings. The van der Waals surface area contributed by atoms with Crippen LogP contribution in [0.4, 0.5) is 0 Å². The van der Waals surface area contributed by atoms with Crippen molar-refractivity contribution in [3.63, 3.8) is 0 Å². The molecule has 0 aromatic heterocycles. The van der Waals surface area contributed by atoms with Crippen molar-refractivity contribution in [3.8, 4) is 0 Å². The Morgan fingerprint density at radius 3 is 1.63 bits per heavy atom. The maximum atomic E-state index is 13.2. The molecule has 4 N–H and O–H groups in total. The summed E-state index contributed by atoms with van der Waals surface area (Å²) in [6.07, 6.45) is -0.0361. The van der Waals surface area contributed by atoms with Gasteiger partial charge in [0.25, 0.3) is 0 Å². The molecule has 0 aliphatic rings. The van der Waals surface area contributed by atoms with E-state index in [2.05, 4.69) is 0 Å². The minimum absolute atomic E-state index is 0.367. The van der Waals surface area contributed by atoms with Crippen LogP contribution in [-0.4, -0.2) is 48.8 Å². The van der Waals surface area contributed by atoms with E-state index < -0.39 is 22.9 Å². The van der Waals surface area contributed by atoms with E-state index in [-0.39, 0.29) is 11.6 Å². The first-order valence-corrected chi connectivity index (χ1v) is 12.7. The third kappa shape index (κ3) is 7.23. The fourth-order valence-corrected chi connectivity index (χ4v) is 4.24. The number of ketones is 2. The Kier molecular flexibility index (Phi) is 8.44. The van der Waals surface area contributed by atoms with Crippen molar-refractivity contribution >= 4 is 11.6 Å². The maximum Gasteiger partial charge on any atom is 0.194 e. The molecule has 0 amide bonds. The van der Waals surface area contributed by atoms with Gasteiger partial charge < -0.3 is 20.4 Å². The van der Waals surface area contributed by atoms with E-state index in [9.17, 15) is 30.0 Å². The lowest BCUT2D eigenvalue weighted by molar-refractivity contribution is -0.0496. The number of carbonyl (C=O) groups is 2. The molecule has 0 spiro atoms. The van der Waals surface area contributed by atoms with E-state index in [1.165, 1.54) is 27.7 Å². The van der Waals surface area contributed by atoms with Gasteiger partial charge in [0.1, 0.15) is 17.3 Å². The molecular weight excluding hydrogens is 480 g/mol. The number of aliphatic hydroxyl groups is 4. The van der Waals surface area contributed by atoms with Gasteiger partial charge in [0.2, 0.25) is 0 Å². The van der Waals surface area contributed by atoms with Gasteiger partial charge in [-0.3, -0.25) is 9.59 Å². The van der Waals surface area contributed by atoms with Crippen molar-refractivity contribution in [1.82, 2.24) is 0 Å². The lowest BCUT2D eigenvalue weighted by Gasteiger charge is -2.24. The van der Waals surface area contributed by atoms with Gasteiger partial charge in [0.15, 0.2) is 11.6 Å². The van der Waals surface area contributed by atoms with Gasteiger partial charge in [-0.2, -0.15) is 0 Å². The minimum Gasteiger partial charge on any atom is -0.387 e. The molecule has 0 aliphatic carbocycles. The first kappa shape index (κ1) is 29.4. The first-order valence-electron chi connectivity index (χ1n) is 12.7. The average Bonchev–Trinajstić information content (AvgIpc) is 2.83. The zero-order valence-electron chi connectivity index (χ0n) is 22.9. The second-order valence-electron chi connectivity index (χ2n) is 11.6. The molecule has 202 valence electrons. The molecule has 6 heteroatoms. The van der Waals surface area contributed by atoms with Crippen molar-refractivity contribution in [2.24, 2.45) is 0 Å². The van der Waals surface area contributed by atoms with Gasteiger partial charge in [-0.25, -0.2) is 0 Å². The van der Waals surface area contributed by atoms with Crippen LogP contribution in [0.2, 0.25) is 0 Å². The Balaban J connectivity index is 1.88. The third-order valence-corrected chi connectivity index (χ3v) is 6.51. The number of hydrogen-bond acceptors (Lipinski definition) is 6. The predicted molar refractivity (Wildman–Crippen MR) is 147 cm³/mol.